The second kappa shape index (κ2) is 6.17. The quantitative estimate of drug-likeness (QED) is 0.499. The lowest BCUT2D eigenvalue weighted by Crippen LogP contribution is -2.03. The average Bonchev–Trinajstić information content (AvgIpc) is 2.79. The molecule has 3 aromatic rings. The van der Waals surface area contributed by atoms with E-state index in [9.17, 15) is 0 Å². The van der Waals surface area contributed by atoms with Crippen molar-refractivity contribution in [2.45, 2.75) is 6.42 Å². The average molecular weight is 405 g/mol. The minimum atomic E-state index is 0.489. The van der Waals surface area contributed by atoms with Crippen molar-refractivity contribution in [3.63, 3.8) is 0 Å². The lowest BCUT2D eigenvalue weighted by molar-refractivity contribution is 0.912. The van der Waals surface area contributed by atoms with Crippen LogP contribution in [0.2, 0.25) is 10.0 Å². The van der Waals surface area contributed by atoms with Crippen LogP contribution in [0.25, 0.3) is 16.7 Å². The predicted octanol–water partition coefficient (Wildman–Crippen LogP) is 5.88. The molecule has 108 valence electrons. The molecule has 2 aromatic carbocycles. The van der Waals surface area contributed by atoms with Gasteiger partial charge in [0.25, 0.3) is 0 Å². The number of nitrogens with zero attached hydrogens (tertiary/aromatic N) is 2. The van der Waals surface area contributed by atoms with Crippen molar-refractivity contribution in [3.05, 3.63) is 56.7 Å². The van der Waals surface area contributed by atoms with E-state index >= 15 is 0 Å². The lowest BCUT2D eigenvalue weighted by atomic mass is 10.2. The van der Waals surface area contributed by atoms with Crippen molar-refractivity contribution in [1.29, 1.82) is 0 Å². The molecule has 0 aliphatic rings. The van der Waals surface area contributed by atoms with Crippen LogP contribution in [0.3, 0.4) is 0 Å². The Labute approximate surface area is 145 Å². The van der Waals surface area contributed by atoms with Crippen LogP contribution in [0, 0.1) is 0 Å². The second-order valence-electron chi connectivity index (χ2n) is 4.53. The molecule has 0 aliphatic heterocycles. The first-order valence-electron chi connectivity index (χ1n) is 6.28. The summed E-state index contributed by atoms with van der Waals surface area (Å²) < 4.78 is 2.98. The number of aromatic nitrogens is 2. The van der Waals surface area contributed by atoms with Crippen LogP contribution in [-0.2, 0) is 6.42 Å². The highest BCUT2D eigenvalue weighted by Crippen LogP contribution is 2.30. The standard InChI is InChI=1S/C15H10BrCl3N2/c16-9-1-3-11(19)14(7-9)21-13-4-2-10(18)8-12(13)20-15(21)5-6-17/h1-4,7-8H,5-6H2. The van der Waals surface area contributed by atoms with Crippen molar-refractivity contribution in [2.24, 2.45) is 0 Å². The molecule has 0 atom stereocenters. The third-order valence-corrected chi connectivity index (χ3v) is 4.39. The fourth-order valence-corrected chi connectivity index (χ4v) is 3.17. The first kappa shape index (κ1) is 15.2. The molecular weight excluding hydrogens is 394 g/mol. The molecule has 3 rings (SSSR count). The highest BCUT2D eigenvalue weighted by Gasteiger charge is 2.15. The van der Waals surface area contributed by atoms with E-state index in [0.29, 0.717) is 22.3 Å². The maximum Gasteiger partial charge on any atom is 0.115 e. The van der Waals surface area contributed by atoms with Gasteiger partial charge in [-0.2, -0.15) is 0 Å². The molecule has 0 aliphatic carbocycles. The van der Waals surface area contributed by atoms with Gasteiger partial charge >= 0.3 is 0 Å². The summed E-state index contributed by atoms with van der Waals surface area (Å²) in [5.41, 5.74) is 2.66. The highest BCUT2D eigenvalue weighted by atomic mass is 79.9. The summed E-state index contributed by atoms with van der Waals surface area (Å²) in [4.78, 5) is 4.63. The monoisotopic (exact) mass is 402 g/mol. The Morgan fingerprint density at radius 3 is 2.67 bits per heavy atom. The first-order chi connectivity index (χ1) is 10.1. The van der Waals surface area contributed by atoms with Crippen LogP contribution in [0.4, 0.5) is 0 Å². The first-order valence-corrected chi connectivity index (χ1v) is 8.37. The molecule has 0 bridgehead atoms. The van der Waals surface area contributed by atoms with E-state index in [1.165, 1.54) is 0 Å². The molecule has 0 saturated heterocycles. The lowest BCUT2D eigenvalue weighted by Gasteiger charge is -2.11. The highest BCUT2D eigenvalue weighted by molar-refractivity contribution is 9.10. The Hall–Kier alpha value is -0.740. The van der Waals surface area contributed by atoms with E-state index in [1.54, 1.807) is 0 Å². The molecular formula is C15H10BrCl3N2. The third kappa shape index (κ3) is 2.93. The molecule has 6 heteroatoms. The van der Waals surface area contributed by atoms with Crippen LogP contribution in [0.1, 0.15) is 5.82 Å². The number of halogens is 4. The SMILES string of the molecule is ClCCc1nc2cc(Cl)ccc2n1-c1cc(Br)ccc1Cl. The van der Waals surface area contributed by atoms with Gasteiger partial charge in [-0.3, -0.25) is 4.57 Å². The summed E-state index contributed by atoms with van der Waals surface area (Å²) in [6.45, 7) is 0. The summed E-state index contributed by atoms with van der Waals surface area (Å²) in [7, 11) is 0. The van der Waals surface area contributed by atoms with E-state index in [1.807, 2.05) is 41.0 Å². The van der Waals surface area contributed by atoms with Gasteiger partial charge in [-0.1, -0.05) is 39.1 Å². The van der Waals surface area contributed by atoms with E-state index in [0.717, 1.165) is 27.0 Å². The zero-order valence-electron chi connectivity index (χ0n) is 10.8. The molecule has 2 nitrogen and oxygen atoms in total. The van der Waals surface area contributed by atoms with Gasteiger partial charge in [-0.25, -0.2) is 4.98 Å². The number of benzene rings is 2. The largest absolute Gasteiger partial charge is 0.295 e. The van der Waals surface area contributed by atoms with Crippen molar-refractivity contribution in [3.8, 4) is 5.69 Å². The summed E-state index contributed by atoms with van der Waals surface area (Å²) in [6, 6.07) is 11.4. The molecule has 0 N–H and O–H groups in total. The van der Waals surface area contributed by atoms with Crippen molar-refractivity contribution in [2.75, 3.05) is 5.88 Å². The van der Waals surface area contributed by atoms with Crippen LogP contribution < -0.4 is 0 Å². The summed E-state index contributed by atoms with van der Waals surface area (Å²) in [5, 5.41) is 1.31. The van der Waals surface area contributed by atoms with Gasteiger partial charge in [0.15, 0.2) is 0 Å². The van der Waals surface area contributed by atoms with Crippen molar-refractivity contribution in [1.82, 2.24) is 9.55 Å². The molecule has 0 unspecified atom stereocenters. The summed E-state index contributed by atoms with van der Waals surface area (Å²) in [6.07, 6.45) is 0.650. The Kier molecular flexibility index (Phi) is 4.46. The molecule has 0 fully saturated rings. The number of alkyl halides is 1. The molecule has 1 heterocycles. The Bertz CT molecular complexity index is 814. The topological polar surface area (TPSA) is 17.8 Å². The minimum Gasteiger partial charge on any atom is -0.295 e. The van der Waals surface area contributed by atoms with Gasteiger partial charge in [0, 0.05) is 21.8 Å². The van der Waals surface area contributed by atoms with Crippen LogP contribution in [0.5, 0.6) is 0 Å². The maximum atomic E-state index is 6.36. The fraction of sp³-hybridized carbons (Fsp3) is 0.133. The number of fused-ring (bicyclic) bond motifs is 1. The number of rotatable bonds is 3. The number of imidazole rings is 1. The van der Waals surface area contributed by atoms with Gasteiger partial charge in [0.05, 0.1) is 21.7 Å². The minimum absolute atomic E-state index is 0.489. The third-order valence-electron chi connectivity index (χ3n) is 3.15. The Balaban J connectivity index is 2.33. The van der Waals surface area contributed by atoms with E-state index in [2.05, 4.69) is 20.9 Å². The molecule has 1 aromatic heterocycles. The molecule has 0 radical (unpaired) electrons. The van der Waals surface area contributed by atoms with Gasteiger partial charge < -0.3 is 0 Å². The normalized spacial score (nSPS) is 11.2. The Morgan fingerprint density at radius 1 is 1.10 bits per heavy atom. The molecule has 0 amide bonds. The number of aryl methyl sites for hydroxylation is 1. The maximum absolute atomic E-state index is 6.36. The number of hydrogen-bond acceptors (Lipinski definition) is 1. The van der Waals surface area contributed by atoms with E-state index < -0.39 is 0 Å². The van der Waals surface area contributed by atoms with Crippen LogP contribution in [0.15, 0.2) is 40.9 Å². The van der Waals surface area contributed by atoms with Crippen molar-refractivity contribution < 1.29 is 0 Å². The Morgan fingerprint density at radius 2 is 1.90 bits per heavy atom. The predicted molar refractivity (Wildman–Crippen MR) is 93.2 cm³/mol. The van der Waals surface area contributed by atoms with Crippen molar-refractivity contribution >= 4 is 61.8 Å². The second-order valence-corrected chi connectivity index (χ2v) is 6.67. The van der Waals surface area contributed by atoms with Gasteiger partial charge in [-0.05, 0) is 36.4 Å². The number of hydrogen-bond donors (Lipinski definition) is 0. The van der Waals surface area contributed by atoms with Gasteiger partial charge in [-0.15, -0.1) is 11.6 Å². The zero-order valence-corrected chi connectivity index (χ0v) is 14.6. The molecule has 21 heavy (non-hydrogen) atoms. The summed E-state index contributed by atoms with van der Waals surface area (Å²) >= 11 is 21.8. The summed E-state index contributed by atoms with van der Waals surface area (Å²) in [5.74, 6) is 1.35. The van der Waals surface area contributed by atoms with E-state index in [-0.39, 0.29) is 0 Å². The fourth-order valence-electron chi connectivity index (χ4n) is 2.28. The van der Waals surface area contributed by atoms with Gasteiger partial charge in [0.2, 0.25) is 0 Å². The zero-order chi connectivity index (χ0) is 15.0. The molecule has 0 spiro atoms. The van der Waals surface area contributed by atoms with Crippen LogP contribution in [-0.4, -0.2) is 15.4 Å². The van der Waals surface area contributed by atoms with E-state index in [4.69, 9.17) is 34.8 Å². The van der Waals surface area contributed by atoms with Crippen LogP contribution >= 0.6 is 50.7 Å². The molecule has 0 saturated carbocycles. The van der Waals surface area contributed by atoms with Gasteiger partial charge in [0.1, 0.15) is 5.82 Å². The smallest absolute Gasteiger partial charge is 0.115 e.